The van der Waals surface area contributed by atoms with Crippen LogP contribution in [-0.4, -0.2) is 48.7 Å². The molecule has 0 heterocycles. The number of ketones is 1. The van der Waals surface area contributed by atoms with Crippen LogP contribution >= 0.6 is 11.8 Å². The number of ether oxygens (including phenoxy) is 3. The third-order valence-electron chi connectivity index (χ3n) is 7.02. The van der Waals surface area contributed by atoms with Crippen molar-refractivity contribution in [1.82, 2.24) is 0 Å². The van der Waals surface area contributed by atoms with Gasteiger partial charge in [0.2, 0.25) is 0 Å². The van der Waals surface area contributed by atoms with Crippen molar-refractivity contribution >= 4 is 23.5 Å². The molecule has 0 radical (unpaired) electrons. The van der Waals surface area contributed by atoms with Gasteiger partial charge in [-0.25, -0.2) is 4.79 Å². The zero-order chi connectivity index (χ0) is 28.5. The van der Waals surface area contributed by atoms with Crippen molar-refractivity contribution in [2.24, 2.45) is 5.41 Å². The first-order chi connectivity index (χ1) is 17.9. The van der Waals surface area contributed by atoms with E-state index >= 15 is 0 Å². The molecule has 1 aromatic carbocycles. The van der Waals surface area contributed by atoms with Crippen LogP contribution in [0.4, 0.5) is 0 Å². The predicted molar refractivity (Wildman–Crippen MR) is 158 cm³/mol. The lowest BCUT2D eigenvalue weighted by Crippen LogP contribution is -2.40. The monoisotopic (exact) mass is 542 g/mol. The van der Waals surface area contributed by atoms with Crippen LogP contribution in [0, 0.1) is 5.41 Å². The van der Waals surface area contributed by atoms with Gasteiger partial charge in [0.25, 0.3) is 0 Å². The van der Waals surface area contributed by atoms with Crippen molar-refractivity contribution in [2.45, 2.75) is 86.4 Å². The average Bonchev–Trinajstić information content (AvgIpc) is 2.85. The highest BCUT2D eigenvalue weighted by atomic mass is 32.2. The van der Waals surface area contributed by atoms with Crippen LogP contribution in [0.3, 0.4) is 0 Å². The number of esters is 1. The molecular formula is C32H46O5S. The molecule has 0 amide bonds. The van der Waals surface area contributed by atoms with Gasteiger partial charge in [0.15, 0.2) is 5.78 Å². The Hall–Kier alpha value is -2.31. The zero-order valence-corrected chi connectivity index (χ0v) is 25.6. The highest BCUT2D eigenvalue weighted by molar-refractivity contribution is 7.99. The quantitative estimate of drug-likeness (QED) is 0.110. The van der Waals surface area contributed by atoms with Gasteiger partial charge in [-0.2, -0.15) is 11.8 Å². The van der Waals surface area contributed by atoms with E-state index in [9.17, 15) is 9.59 Å². The number of allylic oxidation sites excluding steroid dienone is 1. The molecule has 210 valence electrons. The number of hydrogen-bond donors (Lipinski definition) is 0. The Kier molecular flexibility index (Phi) is 11.9. The maximum atomic E-state index is 13.0. The molecule has 2 atom stereocenters. The molecule has 38 heavy (non-hydrogen) atoms. The summed E-state index contributed by atoms with van der Waals surface area (Å²) in [6.07, 6.45) is 6.88. The molecule has 0 spiro atoms. The van der Waals surface area contributed by atoms with E-state index in [4.69, 9.17) is 14.2 Å². The van der Waals surface area contributed by atoms with Crippen LogP contribution < -0.4 is 4.74 Å². The van der Waals surface area contributed by atoms with E-state index < -0.39 is 17.1 Å². The van der Waals surface area contributed by atoms with E-state index in [1.165, 1.54) is 25.0 Å². The van der Waals surface area contributed by atoms with Crippen molar-refractivity contribution < 1.29 is 23.8 Å². The van der Waals surface area contributed by atoms with Gasteiger partial charge in [0.05, 0.1) is 18.3 Å². The second-order valence-electron chi connectivity index (χ2n) is 11.1. The Morgan fingerprint density at radius 1 is 1.05 bits per heavy atom. The van der Waals surface area contributed by atoms with Gasteiger partial charge in [0, 0.05) is 23.8 Å². The van der Waals surface area contributed by atoms with Crippen LogP contribution in [0.1, 0.15) is 85.0 Å². The molecule has 0 saturated heterocycles. The molecule has 1 aliphatic rings. The number of carbonyl (C=O) groups is 2. The summed E-state index contributed by atoms with van der Waals surface area (Å²) in [4.78, 5) is 26.1. The largest absolute Gasteiger partial charge is 0.493 e. The molecule has 2 rings (SSSR count). The van der Waals surface area contributed by atoms with Gasteiger partial charge in [-0.05, 0) is 102 Å². The van der Waals surface area contributed by atoms with Gasteiger partial charge >= 0.3 is 5.97 Å². The Bertz CT molecular complexity index is 1060. The number of rotatable bonds is 13. The predicted octanol–water partition coefficient (Wildman–Crippen LogP) is 7.76. The average molecular weight is 543 g/mol. The Morgan fingerprint density at radius 3 is 2.29 bits per heavy atom. The van der Waals surface area contributed by atoms with E-state index in [1.54, 1.807) is 25.3 Å². The van der Waals surface area contributed by atoms with Crippen LogP contribution in [0.25, 0.3) is 0 Å². The van der Waals surface area contributed by atoms with Gasteiger partial charge in [0.1, 0.15) is 11.4 Å². The first kappa shape index (κ1) is 31.9. The molecule has 0 aliphatic heterocycles. The molecule has 1 aliphatic carbocycles. The molecule has 5 nitrogen and oxygen atoms in total. The summed E-state index contributed by atoms with van der Waals surface area (Å²) in [6.45, 7) is 16.3. The lowest BCUT2D eigenvalue weighted by molar-refractivity contribution is -0.149. The third kappa shape index (κ3) is 8.34. The standard InChI is InChI=1S/C32H46O5S/c1-10-11-12-20-38-21-19-36-26-15-13-25(14-16-26)27(33)17-18-32(8)24(4)22(2)28(23(3)29(32)35-9)30(34)37-31(5,6)7/h13-18,29H,10-12,19-21H2,1-9H3. The van der Waals surface area contributed by atoms with E-state index in [2.05, 4.69) is 6.92 Å². The lowest BCUT2D eigenvalue weighted by Gasteiger charge is -2.42. The van der Waals surface area contributed by atoms with Gasteiger partial charge in [-0.1, -0.05) is 31.4 Å². The third-order valence-corrected chi connectivity index (χ3v) is 8.06. The minimum atomic E-state index is -0.595. The van der Waals surface area contributed by atoms with Gasteiger partial charge in [-0.3, -0.25) is 4.79 Å². The Labute approximate surface area is 234 Å². The minimum Gasteiger partial charge on any atom is -0.493 e. The number of benzene rings is 1. The van der Waals surface area contributed by atoms with Crippen molar-refractivity contribution in [3.8, 4) is 5.75 Å². The summed E-state index contributed by atoms with van der Waals surface area (Å²) < 4.78 is 17.4. The fourth-order valence-corrected chi connectivity index (χ4v) is 5.59. The number of methoxy groups -OCH3 is 1. The van der Waals surface area contributed by atoms with Crippen LogP contribution in [-0.2, 0) is 14.3 Å². The molecule has 0 saturated carbocycles. The zero-order valence-electron chi connectivity index (χ0n) is 24.7. The van der Waals surface area contributed by atoms with E-state index in [0.717, 1.165) is 28.2 Å². The number of hydrogen-bond acceptors (Lipinski definition) is 6. The smallest absolute Gasteiger partial charge is 0.338 e. The summed E-state index contributed by atoms with van der Waals surface area (Å²) in [5.74, 6) is 2.45. The summed E-state index contributed by atoms with van der Waals surface area (Å²) in [5.41, 5.74) is 2.58. The normalized spacial score (nSPS) is 20.3. The topological polar surface area (TPSA) is 61.8 Å². The van der Waals surface area contributed by atoms with Gasteiger partial charge < -0.3 is 14.2 Å². The van der Waals surface area contributed by atoms with Crippen molar-refractivity contribution in [3.63, 3.8) is 0 Å². The first-order valence-electron chi connectivity index (χ1n) is 13.5. The maximum absolute atomic E-state index is 13.0. The molecule has 1 aromatic rings. The van der Waals surface area contributed by atoms with Crippen LogP contribution in [0.5, 0.6) is 5.75 Å². The minimum absolute atomic E-state index is 0.0934. The van der Waals surface area contributed by atoms with Crippen molar-refractivity contribution in [2.75, 3.05) is 25.2 Å². The highest BCUT2D eigenvalue weighted by Crippen LogP contribution is 2.46. The van der Waals surface area contributed by atoms with Crippen molar-refractivity contribution in [1.29, 1.82) is 0 Å². The Balaban J connectivity index is 2.12. The fourth-order valence-electron chi connectivity index (χ4n) is 4.78. The molecular weight excluding hydrogens is 496 g/mol. The maximum Gasteiger partial charge on any atom is 0.338 e. The lowest BCUT2D eigenvalue weighted by atomic mass is 9.67. The fraction of sp³-hybridized carbons (Fsp3) is 0.562. The van der Waals surface area contributed by atoms with Crippen LogP contribution in [0.2, 0.25) is 0 Å². The first-order valence-corrected chi connectivity index (χ1v) is 14.7. The number of carbonyl (C=O) groups excluding carboxylic acids is 2. The summed E-state index contributed by atoms with van der Waals surface area (Å²) in [7, 11) is 1.63. The molecule has 0 N–H and O–H groups in total. The van der Waals surface area contributed by atoms with Crippen molar-refractivity contribution in [3.05, 3.63) is 64.3 Å². The van der Waals surface area contributed by atoms with Gasteiger partial charge in [-0.15, -0.1) is 0 Å². The molecule has 0 fully saturated rings. The number of unbranched alkanes of at least 4 members (excludes halogenated alkanes) is 2. The highest BCUT2D eigenvalue weighted by Gasteiger charge is 2.43. The summed E-state index contributed by atoms with van der Waals surface area (Å²) >= 11 is 1.92. The Morgan fingerprint density at radius 2 is 1.71 bits per heavy atom. The summed E-state index contributed by atoms with van der Waals surface area (Å²) in [5, 5.41) is 0. The van der Waals surface area contributed by atoms with E-state index in [-0.39, 0.29) is 11.8 Å². The molecule has 2 unspecified atom stereocenters. The number of thioether (sulfide) groups is 1. The molecule has 6 heteroatoms. The molecule has 0 aromatic heterocycles. The summed E-state index contributed by atoms with van der Waals surface area (Å²) in [6, 6.07) is 7.29. The second-order valence-corrected chi connectivity index (χ2v) is 12.3. The second kappa shape index (κ2) is 14.2. The molecule has 0 bridgehead atoms. The van der Waals surface area contributed by atoms with Crippen LogP contribution in [0.15, 0.2) is 58.7 Å². The van der Waals surface area contributed by atoms with E-state index in [0.29, 0.717) is 17.7 Å². The van der Waals surface area contributed by atoms with E-state index in [1.807, 2.05) is 78.4 Å². The SMILES string of the molecule is CCCCCSCCOc1ccc(C(=O)C=CC2(C)C(C)=C(C)C(C(=O)OC(C)(C)C)=C(C)C2OC)cc1.